The number of benzene rings is 4. The number of hydrogen-bond donors (Lipinski definition) is 0. The SMILES string of the molecule is C=CC(=O)OCCCCCOc1ccc2c3c1cccc3c(=O)n1c3cccc4cccc(nc21)c43. The molecule has 4 aromatic carbocycles. The molecule has 0 aliphatic carbocycles. The first-order valence-electron chi connectivity index (χ1n) is 12.1. The summed E-state index contributed by atoms with van der Waals surface area (Å²) >= 11 is 0. The maximum Gasteiger partial charge on any atom is 0.330 e. The molecular weight excluding hydrogens is 452 g/mol. The van der Waals surface area contributed by atoms with Crippen molar-refractivity contribution in [3.63, 3.8) is 0 Å². The van der Waals surface area contributed by atoms with Gasteiger partial charge in [0.25, 0.3) is 5.56 Å². The molecule has 0 aliphatic rings. The summed E-state index contributed by atoms with van der Waals surface area (Å²) in [5.41, 5.74) is 2.30. The van der Waals surface area contributed by atoms with Gasteiger partial charge in [0.2, 0.25) is 0 Å². The number of rotatable bonds is 8. The second-order valence-corrected chi connectivity index (χ2v) is 8.85. The molecule has 0 unspecified atom stereocenters. The van der Waals surface area contributed by atoms with E-state index in [0.29, 0.717) is 24.2 Å². The van der Waals surface area contributed by atoms with Crippen LogP contribution < -0.4 is 10.3 Å². The van der Waals surface area contributed by atoms with Crippen LogP contribution in [-0.4, -0.2) is 28.6 Å². The highest BCUT2D eigenvalue weighted by Crippen LogP contribution is 2.35. The van der Waals surface area contributed by atoms with Gasteiger partial charge in [-0.25, -0.2) is 9.78 Å². The van der Waals surface area contributed by atoms with Crippen LogP contribution in [0.15, 0.2) is 84.2 Å². The number of aromatic nitrogens is 2. The van der Waals surface area contributed by atoms with Crippen LogP contribution in [0.25, 0.3) is 49.0 Å². The molecular formula is C30H24N2O4. The zero-order chi connectivity index (χ0) is 24.6. The van der Waals surface area contributed by atoms with Gasteiger partial charge in [-0.15, -0.1) is 0 Å². The molecule has 0 spiro atoms. The molecule has 36 heavy (non-hydrogen) atoms. The van der Waals surface area contributed by atoms with Crippen molar-refractivity contribution in [3.8, 4) is 5.75 Å². The minimum atomic E-state index is -0.397. The predicted octanol–water partition coefficient (Wildman–Crippen LogP) is 6.02. The molecule has 6 rings (SSSR count). The standard InChI is InChI=1S/C30H24N2O4/c1-2-26(33)36-18-5-3-4-17-35-25-16-15-21-28-20(25)11-8-12-22(28)30(34)32-24-14-7-10-19-9-6-13-23(27(19)24)31-29(21)32/h2,6-16H,1,3-5,17-18H2. The molecule has 2 heterocycles. The van der Waals surface area contributed by atoms with Gasteiger partial charge >= 0.3 is 5.97 Å². The summed E-state index contributed by atoms with van der Waals surface area (Å²) in [6, 6.07) is 21.8. The first-order valence-corrected chi connectivity index (χ1v) is 12.1. The maximum atomic E-state index is 13.8. The summed E-state index contributed by atoms with van der Waals surface area (Å²) in [4.78, 5) is 29.9. The molecule has 0 amide bonds. The second-order valence-electron chi connectivity index (χ2n) is 8.85. The van der Waals surface area contributed by atoms with Gasteiger partial charge in [0.15, 0.2) is 0 Å². The molecule has 0 bridgehead atoms. The van der Waals surface area contributed by atoms with Crippen LogP contribution >= 0.6 is 0 Å². The average Bonchev–Trinajstić information content (AvgIpc) is 2.91. The van der Waals surface area contributed by atoms with Crippen LogP contribution in [0.3, 0.4) is 0 Å². The third kappa shape index (κ3) is 3.53. The van der Waals surface area contributed by atoms with E-state index in [-0.39, 0.29) is 5.56 Å². The number of carbonyl (C=O) groups is 1. The van der Waals surface area contributed by atoms with E-state index in [4.69, 9.17) is 14.5 Å². The van der Waals surface area contributed by atoms with Crippen LogP contribution in [0.2, 0.25) is 0 Å². The van der Waals surface area contributed by atoms with E-state index < -0.39 is 5.97 Å². The Balaban J connectivity index is 1.39. The maximum absolute atomic E-state index is 13.8. The van der Waals surface area contributed by atoms with Gasteiger partial charge in [-0.2, -0.15) is 0 Å². The Kier molecular flexibility index (Phi) is 5.49. The number of nitrogens with zero attached hydrogens (tertiary/aromatic N) is 2. The van der Waals surface area contributed by atoms with Crippen LogP contribution in [0, 0.1) is 0 Å². The molecule has 6 nitrogen and oxygen atoms in total. The number of fused-ring (bicyclic) bond motifs is 3. The van der Waals surface area contributed by atoms with Crippen LogP contribution in [0.5, 0.6) is 5.75 Å². The fourth-order valence-corrected chi connectivity index (χ4v) is 5.03. The zero-order valence-electron chi connectivity index (χ0n) is 19.7. The molecule has 6 heteroatoms. The number of carbonyl (C=O) groups excluding carboxylic acids is 1. The summed E-state index contributed by atoms with van der Waals surface area (Å²) in [6.07, 6.45) is 3.64. The van der Waals surface area contributed by atoms with Crippen molar-refractivity contribution < 1.29 is 14.3 Å². The minimum Gasteiger partial charge on any atom is -0.493 e. The largest absolute Gasteiger partial charge is 0.493 e. The number of ether oxygens (including phenoxy) is 2. The lowest BCUT2D eigenvalue weighted by Crippen LogP contribution is -2.16. The third-order valence-corrected chi connectivity index (χ3v) is 6.67. The fourth-order valence-electron chi connectivity index (χ4n) is 5.03. The summed E-state index contributed by atoms with van der Waals surface area (Å²) in [6.45, 7) is 4.30. The predicted molar refractivity (Wildman–Crippen MR) is 143 cm³/mol. The molecule has 2 aromatic heterocycles. The van der Waals surface area contributed by atoms with Crippen LogP contribution in [0.4, 0.5) is 0 Å². The zero-order valence-corrected chi connectivity index (χ0v) is 19.7. The van der Waals surface area contributed by atoms with Crippen LogP contribution in [0.1, 0.15) is 19.3 Å². The summed E-state index contributed by atoms with van der Waals surface area (Å²) in [5, 5.41) is 5.39. The molecule has 178 valence electrons. The molecule has 0 radical (unpaired) electrons. The number of esters is 1. The molecule has 0 fully saturated rings. The average molecular weight is 477 g/mol. The van der Waals surface area contributed by atoms with Crippen molar-refractivity contribution in [2.75, 3.05) is 13.2 Å². The van der Waals surface area contributed by atoms with Crippen molar-refractivity contribution in [2.45, 2.75) is 19.3 Å². The smallest absolute Gasteiger partial charge is 0.330 e. The van der Waals surface area contributed by atoms with Gasteiger partial charge in [0, 0.05) is 33.0 Å². The molecule has 0 saturated carbocycles. The topological polar surface area (TPSA) is 69.9 Å². The normalized spacial score (nSPS) is 11.7. The second kappa shape index (κ2) is 8.96. The monoisotopic (exact) mass is 476 g/mol. The van der Waals surface area contributed by atoms with Crippen molar-refractivity contribution >= 4 is 55.0 Å². The molecule has 0 aliphatic heterocycles. The number of unbranched alkanes of at least 4 members (excludes halogenated alkanes) is 2. The highest BCUT2D eigenvalue weighted by molar-refractivity contribution is 6.18. The Hall–Kier alpha value is -4.45. The fraction of sp³-hybridized carbons (Fsp3) is 0.167. The number of pyridine rings is 1. The van der Waals surface area contributed by atoms with Crippen LogP contribution in [-0.2, 0) is 9.53 Å². The third-order valence-electron chi connectivity index (χ3n) is 6.67. The lowest BCUT2D eigenvalue weighted by atomic mass is 10.0. The van der Waals surface area contributed by atoms with E-state index in [0.717, 1.165) is 63.0 Å². The summed E-state index contributed by atoms with van der Waals surface area (Å²) in [5.74, 6) is 0.347. The summed E-state index contributed by atoms with van der Waals surface area (Å²) < 4.78 is 12.9. The van der Waals surface area contributed by atoms with Gasteiger partial charge < -0.3 is 9.47 Å². The first kappa shape index (κ1) is 22.0. The Bertz CT molecular complexity index is 1830. The minimum absolute atomic E-state index is 0.0833. The molecule has 0 atom stereocenters. The van der Waals surface area contributed by atoms with Gasteiger partial charge in [0.05, 0.1) is 24.2 Å². The lowest BCUT2D eigenvalue weighted by molar-refractivity contribution is -0.137. The highest BCUT2D eigenvalue weighted by Gasteiger charge is 2.18. The highest BCUT2D eigenvalue weighted by atomic mass is 16.5. The van der Waals surface area contributed by atoms with Crippen molar-refractivity contribution in [1.29, 1.82) is 0 Å². The van der Waals surface area contributed by atoms with Gasteiger partial charge in [-0.05, 0) is 55.0 Å². The lowest BCUT2D eigenvalue weighted by Gasteiger charge is -2.16. The van der Waals surface area contributed by atoms with Crippen molar-refractivity contribution in [2.24, 2.45) is 0 Å². The summed E-state index contributed by atoms with van der Waals surface area (Å²) in [7, 11) is 0. The van der Waals surface area contributed by atoms with Gasteiger partial charge in [-0.3, -0.25) is 9.20 Å². The molecule has 0 N–H and O–H groups in total. The molecule has 0 saturated heterocycles. The molecule has 6 aromatic rings. The Morgan fingerprint density at radius 2 is 1.64 bits per heavy atom. The van der Waals surface area contributed by atoms with Crippen molar-refractivity contribution in [1.82, 2.24) is 9.38 Å². The Morgan fingerprint density at radius 3 is 2.50 bits per heavy atom. The van der Waals surface area contributed by atoms with Gasteiger partial charge in [-0.1, -0.05) is 43.0 Å². The van der Waals surface area contributed by atoms with E-state index in [1.165, 1.54) is 6.08 Å². The van der Waals surface area contributed by atoms with Gasteiger partial charge in [0.1, 0.15) is 11.4 Å². The van der Waals surface area contributed by atoms with E-state index >= 15 is 0 Å². The first-order chi connectivity index (χ1) is 17.7. The van der Waals surface area contributed by atoms with Crippen molar-refractivity contribution in [3.05, 3.63) is 89.7 Å². The Labute approximate surface area is 206 Å². The van der Waals surface area contributed by atoms with E-state index in [1.54, 1.807) is 4.40 Å². The Morgan fingerprint density at radius 1 is 0.861 bits per heavy atom. The van der Waals surface area contributed by atoms with E-state index in [1.807, 2.05) is 66.7 Å². The van der Waals surface area contributed by atoms with E-state index in [9.17, 15) is 9.59 Å². The van der Waals surface area contributed by atoms with E-state index in [2.05, 4.69) is 6.58 Å². The number of hydrogen-bond acceptors (Lipinski definition) is 5. The quantitative estimate of drug-likeness (QED) is 0.0883.